The van der Waals surface area contributed by atoms with Gasteiger partial charge in [-0.1, -0.05) is 43.6 Å². The Bertz CT molecular complexity index is 117. The van der Waals surface area contributed by atoms with Crippen LogP contribution >= 0.6 is 15.9 Å². The molecular weight excluding hydrogens is 226 g/mol. The predicted octanol–water partition coefficient (Wildman–Crippen LogP) is 3.53. The van der Waals surface area contributed by atoms with E-state index >= 15 is 0 Å². The Morgan fingerprint density at radius 1 is 1.08 bits per heavy atom. The molecule has 13 heavy (non-hydrogen) atoms. The smallest absolute Gasteiger partial charge is 0.00949 e. The lowest BCUT2D eigenvalue weighted by Crippen LogP contribution is -2.36. The van der Waals surface area contributed by atoms with E-state index in [2.05, 4.69) is 48.5 Å². The third-order valence-corrected chi connectivity index (χ3v) is 3.61. The number of hydrogen-bond acceptors (Lipinski definition) is 1. The Balaban J connectivity index is 3.92. The molecule has 0 spiro atoms. The Labute approximate surface area is 92.0 Å². The minimum Gasteiger partial charge on any atom is -0.303 e. The van der Waals surface area contributed by atoms with Crippen LogP contribution in [0.5, 0.6) is 0 Å². The topological polar surface area (TPSA) is 3.24 Å². The normalized spacial score (nSPS) is 12.5. The highest BCUT2D eigenvalue weighted by Crippen LogP contribution is 2.19. The van der Waals surface area contributed by atoms with Crippen molar-refractivity contribution in [3.05, 3.63) is 0 Å². The third kappa shape index (κ3) is 6.50. The van der Waals surface area contributed by atoms with Crippen LogP contribution in [0, 0.1) is 5.41 Å². The second-order valence-electron chi connectivity index (χ2n) is 4.57. The van der Waals surface area contributed by atoms with Crippen LogP contribution in [-0.2, 0) is 0 Å². The van der Waals surface area contributed by atoms with Crippen molar-refractivity contribution in [2.75, 3.05) is 25.0 Å². The molecule has 0 aliphatic carbocycles. The standard InChI is InChI=1S/C11H24BrN/c1-5-7-13(8-6-2)10-11(3,4)9-12/h5-10H2,1-4H3. The Morgan fingerprint density at radius 2 is 1.54 bits per heavy atom. The summed E-state index contributed by atoms with van der Waals surface area (Å²) in [5.41, 5.74) is 0.407. The molecule has 0 rings (SSSR count). The fourth-order valence-electron chi connectivity index (χ4n) is 1.55. The molecule has 0 N–H and O–H groups in total. The van der Waals surface area contributed by atoms with Gasteiger partial charge in [0, 0.05) is 11.9 Å². The fourth-order valence-corrected chi connectivity index (χ4v) is 1.73. The zero-order valence-corrected chi connectivity index (χ0v) is 11.2. The molecule has 0 fully saturated rings. The van der Waals surface area contributed by atoms with Crippen molar-refractivity contribution >= 4 is 15.9 Å². The van der Waals surface area contributed by atoms with Crippen molar-refractivity contribution < 1.29 is 0 Å². The van der Waals surface area contributed by atoms with Gasteiger partial charge in [0.05, 0.1) is 0 Å². The van der Waals surface area contributed by atoms with E-state index < -0.39 is 0 Å². The van der Waals surface area contributed by atoms with E-state index in [0.29, 0.717) is 5.41 Å². The molecule has 2 heteroatoms. The van der Waals surface area contributed by atoms with Gasteiger partial charge in [0.1, 0.15) is 0 Å². The Morgan fingerprint density at radius 3 is 1.85 bits per heavy atom. The molecule has 0 saturated heterocycles. The van der Waals surface area contributed by atoms with Crippen LogP contribution in [0.4, 0.5) is 0 Å². The van der Waals surface area contributed by atoms with E-state index in [1.165, 1.54) is 32.5 Å². The van der Waals surface area contributed by atoms with Crippen molar-refractivity contribution in [2.45, 2.75) is 40.5 Å². The molecule has 0 aliphatic heterocycles. The van der Waals surface area contributed by atoms with Crippen molar-refractivity contribution in [3.63, 3.8) is 0 Å². The monoisotopic (exact) mass is 249 g/mol. The first-order chi connectivity index (χ1) is 6.05. The summed E-state index contributed by atoms with van der Waals surface area (Å²) in [4.78, 5) is 2.57. The van der Waals surface area contributed by atoms with Gasteiger partial charge >= 0.3 is 0 Å². The molecule has 1 nitrogen and oxygen atoms in total. The van der Waals surface area contributed by atoms with Gasteiger partial charge in [-0.15, -0.1) is 0 Å². The summed E-state index contributed by atoms with van der Waals surface area (Å²) in [6, 6.07) is 0. The zero-order chi connectivity index (χ0) is 10.3. The second-order valence-corrected chi connectivity index (χ2v) is 5.13. The number of rotatable bonds is 7. The zero-order valence-electron chi connectivity index (χ0n) is 9.57. The van der Waals surface area contributed by atoms with Crippen molar-refractivity contribution in [1.82, 2.24) is 4.90 Å². The molecule has 0 saturated carbocycles. The molecule has 0 radical (unpaired) electrons. The second kappa shape index (κ2) is 6.83. The average molecular weight is 250 g/mol. The van der Waals surface area contributed by atoms with Crippen molar-refractivity contribution in [1.29, 1.82) is 0 Å². The van der Waals surface area contributed by atoms with E-state index in [-0.39, 0.29) is 0 Å². The van der Waals surface area contributed by atoms with Gasteiger partial charge in [-0.05, 0) is 31.3 Å². The van der Waals surface area contributed by atoms with Gasteiger partial charge in [0.15, 0.2) is 0 Å². The van der Waals surface area contributed by atoms with E-state index in [0.717, 1.165) is 5.33 Å². The highest BCUT2D eigenvalue weighted by Gasteiger charge is 2.19. The minimum atomic E-state index is 0.407. The maximum Gasteiger partial charge on any atom is 0.00949 e. The number of hydrogen-bond donors (Lipinski definition) is 0. The summed E-state index contributed by atoms with van der Waals surface area (Å²) in [6.45, 7) is 12.8. The molecule has 0 aromatic carbocycles. The first kappa shape index (κ1) is 13.4. The van der Waals surface area contributed by atoms with E-state index in [1.54, 1.807) is 0 Å². The molecule has 0 aromatic rings. The van der Waals surface area contributed by atoms with Crippen LogP contribution < -0.4 is 0 Å². The Kier molecular flexibility index (Phi) is 7.06. The molecule has 0 aliphatic rings. The van der Waals surface area contributed by atoms with E-state index in [1.807, 2.05) is 0 Å². The van der Waals surface area contributed by atoms with Gasteiger partial charge in [-0.2, -0.15) is 0 Å². The lowest BCUT2D eigenvalue weighted by atomic mass is 9.96. The first-order valence-corrected chi connectivity index (χ1v) is 6.46. The Hall–Kier alpha value is 0.440. The van der Waals surface area contributed by atoms with E-state index in [9.17, 15) is 0 Å². The SMILES string of the molecule is CCCN(CCC)CC(C)(C)CBr. The summed E-state index contributed by atoms with van der Waals surface area (Å²) in [5, 5.41) is 1.09. The lowest BCUT2D eigenvalue weighted by molar-refractivity contribution is 0.195. The molecule has 0 aromatic heterocycles. The third-order valence-electron chi connectivity index (χ3n) is 2.09. The quantitative estimate of drug-likeness (QED) is 0.625. The predicted molar refractivity (Wildman–Crippen MR) is 64.6 cm³/mol. The summed E-state index contributed by atoms with van der Waals surface area (Å²) in [6.07, 6.45) is 2.52. The molecule has 0 heterocycles. The van der Waals surface area contributed by atoms with Crippen molar-refractivity contribution in [2.24, 2.45) is 5.41 Å². The summed E-state index contributed by atoms with van der Waals surface area (Å²) in [5.74, 6) is 0. The maximum absolute atomic E-state index is 3.57. The molecule has 80 valence electrons. The summed E-state index contributed by atoms with van der Waals surface area (Å²) < 4.78 is 0. The highest BCUT2D eigenvalue weighted by atomic mass is 79.9. The van der Waals surface area contributed by atoms with Gasteiger partial charge in [0.2, 0.25) is 0 Å². The van der Waals surface area contributed by atoms with Gasteiger partial charge in [-0.3, -0.25) is 0 Å². The van der Waals surface area contributed by atoms with E-state index in [4.69, 9.17) is 0 Å². The van der Waals surface area contributed by atoms with Crippen LogP contribution in [0.25, 0.3) is 0 Å². The minimum absolute atomic E-state index is 0.407. The first-order valence-electron chi connectivity index (χ1n) is 5.34. The van der Waals surface area contributed by atoms with Crippen LogP contribution in [0.3, 0.4) is 0 Å². The average Bonchev–Trinajstić information content (AvgIpc) is 2.05. The molecular formula is C11H24BrN. The van der Waals surface area contributed by atoms with Gasteiger partial charge < -0.3 is 4.90 Å². The van der Waals surface area contributed by atoms with Crippen LogP contribution in [-0.4, -0.2) is 29.9 Å². The summed E-state index contributed by atoms with van der Waals surface area (Å²) >= 11 is 3.57. The van der Waals surface area contributed by atoms with Crippen molar-refractivity contribution in [3.8, 4) is 0 Å². The molecule has 0 atom stereocenters. The maximum atomic E-state index is 3.57. The van der Waals surface area contributed by atoms with Crippen LogP contribution in [0.15, 0.2) is 0 Å². The molecule has 0 bridgehead atoms. The molecule has 0 unspecified atom stereocenters. The van der Waals surface area contributed by atoms with Gasteiger partial charge in [-0.25, -0.2) is 0 Å². The number of alkyl halides is 1. The van der Waals surface area contributed by atoms with Crippen LogP contribution in [0.1, 0.15) is 40.5 Å². The van der Waals surface area contributed by atoms with Gasteiger partial charge in [0.25, 0.3) is 0 Å². The fraction of sp³-hybridized carbons (Fsp3) is 1.00. The highest BCUT2D eigenvalue weighted by molar-refractivity contribution is 9.09. The summed E-state index contributed by atoms with van der Waals surface area (Å²) in [7, 11) is 0. The lowest BCUT2D eigenvalue weighted by Gasteiger charge is -2.31. The number of halogens is 1. The van der Waals surface area contributed by atoms with Crippen LogP contribution in [0.2, 0.25) is 0 Å². The number of nitrogens with zero attached hydrogens (tertiary/aromatic N) is 1. The largest absolute Gasteiger partial charge is 0.303 e. The molecule has 0 amide bonds.